The summed E-state index contributed by atoms with van der Waals surface area (Å²) in [5, 5.41) is 0. The molecule has 0 aromatic rings. The Morgan fingerprint density at radius 1 is 1.86 bits per heavy atom. The summed E-state index contributed by atoms with van der Waals surface area (Å²) in [5.41, 5.74) is 0. The van der Waals surface area contributed by atoms with E-state index in [0.717, 1.165) is 6.92 Å². The summed E-state index contributed by atoms with van der Waals surface area (Å²) < 4.78 is 33.2. The third-order valence-corrected chi connectivity index (χ3v) is 0.433. The zero-order valence-electron chi connectivity index (χ0n) is 8.82. The molecule has 0 radical (unpaired) electrons. The van der Waals surface area contributed by atoms with Crippen molar-refractivity contribution in [1.29, 1.82) is 0 Å². The standard InChI is InChI=1S/C5H8O2/c1-3-5(7)4(2)6/h3H2,1-2H3/i2D3,3D2. The van der Waals surface area contributed by atoms with Gasteiger partial charge in [-0.15, -0.1) is 0 Å². The third-order valence-electron chi connectivity index (χ3n) is 0.433. The Kier molecular flexibility index (Phi) is 0.604. The van der Waals surface area contributed by atoms with Gasteiger partial charge in [-0.2, -0.15) is 0 Å². The Hall–Kier alpha value is -0.660. The number of rotatable bonds is 2. The maximum Gasteiger partial charge on any atom is 0.197 e. The number of carbonyl (C=O) groups excluding carboxylic acids is 2. The zero-order chi connectivity index (χ0) is 10.2. The van der Waals surface area contributed by atoms with Crippen molar-refractivity contribution in [2.24, 2.45) is 0 Å². The van der Waals surface area contributed by atoms with Gasteiger partial charge in [-0.05, 0) is 0 Å². The SMILES string of the molecule is [2H]C([2H])([2H])C(=O)C(=O)C([2H])([2H])C. The molecule has 0 aliphatic carbocycles. The zero-order valence-corrected chi connectivity index (χ0v) is 3.82. The second-order valence-corrected chi connectivity index (χ2v) is 0.908. The highest BCUT2D eigenvalue weighted by atomic mass is 16.2. The van der Waals surface area contributed by atoms with Crippen molar-refractivity contribution in [3.8, 4) is 0 Å². The first-order valence-electron chi connectivity index (χ1n) is 4.16. The second-order valence-electron chi connectivity index (χ2n) is 0.908. The Morgan fingerprint density at radius 2 is 2.43 bits per heavy atom. The van der Waals surface area contributed by atoms with Crippen molar-refractivity contribution >= 4 is 11.6 Å². The van der Waals surface area contributed by atoms with E-state index in [9.17, 15) is 9.59 Å². The van der Waals surface area contributed by atoms with Crippen LogP contribution in [-0.2, 0) is 9.59 Å². The summed E-state index contributed by atoms with van der Waals surface area (Å²) in [6.45, 7) is -2.20. The average Bonchev–Trinajstić information content (AvgIpc) is 1.80. The Bertz CT molecular complexity index is 187. The average molecular weight is 105 g/mol. The minimum Gasteiger partial charge on any atom is -0.291 e. The predicted octanol–water partition coefficient (Wildman–Crippen LogP) is 0.554. The van der Waals surface area contributed by atoms with Crippen LogP contribution in [0.5, 0.6) is 0 Å². The molecule has 0 amide bonds. The molecule has 2 nitrogen and oxygen atoms in total. The quantitative estimate of drug-likeness (QED) is 0.481. The highest BCUT2D eigenvalue weighted by Gasteiger charge is 2.00. The van der Waals surface area contributed by atoms with Gasteiger partial charge >= 0.3 is 0 Å². The highest BCUT2D eigenvalue weighted by Crippen LogP contribution is 1.79. The van der Waals surface area contributed by atoms with Gasteiger partial charge in [-0.1, -0.05) is 6.92 Å². The number of Topliss-reactive ketones (excluding diaryl/α,β-unsaturated/α-hetero) is 2. The van der Waals surface area contributed by atoms with Crippen LogP contribution in [0.1, 0.15) is 27.0 Å². The van der Waals surface area contributed by atoms with Crippen LogP contribution in [-0.4, -0.2) is 11.6 Å². The molecule has 0 aliphatic heterocycles. The summed E-state index contributed by atoms with van der Waals surface area (Å²) in [4.78, 5) is 21.4. The van der Waals surface area contributed by atoms with E-state index in [0.29, 0.717) is 0 Å². The van der Waals surface area contributed by atoms with E-state index in [-0.39, 0.29) is 0 Å². The fraction of sp³-hybridized carbons (Fsp3) is 0.600. The van der Waals surface area contributed by atoms with Crippen molar-refractivity contribution in [3.05, 3.63) is 0 Å². The minimum atomic E-state index is -3.04. The van der Waals surface area contributed by atoms with Crippen molar-refractivity contribution in [2.45, 2.75) is 20.1 Å². The summed E-state index contributed by atoms with van der Waals surface area (Å²) in [6.07, 6.45) is -2.41. The predicted molar refractivity (Wildman–Crippen MR) is 26.0 cm³/mol. The van der Waals surface area contributed by atoms with E-state index in [4.69, 9.17) is 6.85 Å². The van der Waals surface area contributed by atoms with Crippen molar-refractivity contribution in [3.63, 3.8) is 0 Å². The van der Waals surface area contributed by atoms with E-state index >= 15 is 0 Å². The molecule has 0 saturated heterocycles. The van der Waals surface area contributed by atoms with E-state index in [2.05, 4.69) is 0 Å². The summed E-state index contributed by atoms with van der Waals surface area (Å²) in [7, 11) is 0. The van der Waals surface area contributed by atoms with Gasteiger partial charge in [0, 0.05) is 20.1 Å². The topological polar surface area (TPSA) is 34.1 Å². The van der Waals surface area contributed by atoms with Crippen LogP contribution >= 0.6 is 0 Å². The lowest BCUT2D eigenvalue weighted by molar-refractivity contribution is -0.135. The number of carbonyl (C=O) groups is 2. The van der Waals surface area contributed by atoms with Gasteiger partial charge < -0.3 is 0 Å². The fourth-order valence-electron chi connectivity index (χ4n) is 0.114. The molecular weight excluding hydrogens is 92.1 g/mol. The van der Waals surface area contributed by atoms with Crippen molar-refractivity contribution in [1.82, 2.24) is 0 Å². The molecule has 0 aromatic carbocycles. The van der Waals surface area contributed by atoms with E-state index in [1.54, 1.807) is 0 Å². The van der Waals surface area contributed by atoms with Crippen LogP contribution in [0.3, 0.4) is 0 Å². The van der Waals surface area contributed by atoms with E-state index in [1.165, 1.54) is 0 Å². The molecular formula is C5H8O2. The normalized spacial score (nSPS) is 22.7. The highest BCUT2D eigenvalue weighted by molar-refractivity contribution is 6.36. The minimum absolute atomic E-state index is 0.846. The molecule has 0 bridgehead atoms. The van der Waals surface area contributed by atoms with E-state index < -0.39 is 24.8 Å². The monoisotopic (exact) mass is 105 g/mol. The molecule has 0 fully saturated rings. The van der Waals surface area contributed by atoms with Crippen LogP contribution < -0.4 is 0 Å². The lowest BCUT2D eigenvalue weighted by Gasteiger charge is -1.81. The first kappa shape index (κ1) is 1.69. The largest absolute Gasteiger partial charge is 0.291 e. The molecule has 0 heterocycles. The maximum absolute atomic E-state index is 10.7. The molecule has 40 valence electrons. The van der Waals surface area contributed by atoms with E-state index in [1.807, 2.05) is 0 Å². The van der Waals surface area contributed by atoms with Crippen LogP contribution in [0.25, 0.3) is 0 Å². The molecule has 2 heteroatoms. The summed E-state index contributed by atoms with van der Waals surface area (Å²) in [5.74, 6) is -3.17. The first-order chi connectivity index (χ1) is 5.07. The molecule has 0 atom stereocenters. The van der Waals surface area contributed by atoms with Gasteiger partial charge in [0.2, 0.25) is 0 Å². The molecule has 0 aromatic heterocycles. The van der Waals surface area contributed by atoms with Gasteiger partial charge in [0.05, 0.1) is 0 Å². The number of hydrogen-bond acceptors (Lipinski definition) is 2. The van der Waals surface area contributed by atoms with Crippen LogP contribution in [0, 0.1) is 0 Å². The smallest absolute Gasteiger partial charge is 0.197 e. The van der Waals surface area contributed by atoms with Crippen molar-refractivity contribution < 1.29 is 16.4 Å². The van der Waals surface area contributed by atoms with Crippen LogP contribution in [0.2, 0.25) is 0 Å². The van der Waals surface area contributed by atoms with Gasteiger partial charge in [-0.3, -0.25) is 9.59 Å². The van der Waals surface area contributed by atoms with Crippen LogP contribution in [0.4, 0.5) is 0 Å². The first-order valence-corrected chi connectivity index (χ1v) is 1.66. The Balaban J connectivity index is 4.66. The number of ketones is 2. The molecule has 0 unspecified atom stereocenters. The molecule has 7 heavy (non-hydrogen) atoms. The van der Waals surface area contributed by atoms with Gasteiger partial charge in [0.25, 0.3) is 0 Å². The molecule has 0 saturated carbocycles. The maximum atomic E-state index is 10.7. The number of hydrogen-bond donors (Lipinski definition) is 0. The Labute approximate surface area is 49.5 Å². The van der Waals surface area contributed by atoms with Gasteiger partial charge in [0.15, 0.2) is 11.6 Å². The van der Waals surface area contributed by atoms with Crippen LogP contribution in [0.15, 0.2) is 0 Å². The lowest BCUT2D eigenvalue weighted by atomic mass is 10.2. The summed E-state index contributed by atoms with van der Waals surface area (Å²) in [6, 6.07) is 0. The van der Waals surface area contributed by atoms with Gasteiger partial charge in [-0.25, -0.2) is 0 Å². The molecule has 0 N–H and O–H groups in total. The third kappa shape index (κ3) is 2.09. The van der Waals surface area contributed by atoms with Crippen molar-refractivity contribution in [2.75, 3.05) is 0 Å². The fourth-order valence-corrected chi connectivity index (χ4v) is 0.114. The van der Waals surface area contributed by atoms with Gasteiger partial charge in [0.1, 0.15) is 0 Å². The summed E-state index contributed by atoms with van der Waals surface area (Å²) >= 11 is 0. The lowest BCUT2D eigenvalue weighted by Crippen LogP contribution is -2.06. The molecule has 0 aliphatic rings. The molecule has 0 rings (SSSR count). The Morgan fingerprint density at radius 3 is 2.57 bits per heavy atom. The molecule has 0 spiro atoms. The second kappa shape index (κ2) is 2.50.